The van der Waals surface area contributed by atoms with E-state index < -0.39 is 0 Å². The molecular formula is C12H18BrN3O2. The Morgan fingerprint density at radius 2 is 2.33 bits per heavy atom. The van der Waals surface area contributed by atoms with Gasteiger partial charge in [-0.3, -0.25) is 9.48 Å². The van der Waals surface area contributed by atoms with Crippen LogP contribution in [0.3, 0.4) is 0 Å². The average molecular weight is 316 g/mol. The summed E-state index contributed by atoms with van der Waals surface area (Å²) in [5.74, 6) is 0.0432. The van der Waals surface area contributed by atoms with Gasteiger partial charge in [0.1, 0.15) is 0 Å². The van der Waals surface area contributed by atoms with Crippen molar-refractivity contribution in [3.63, 3.8) is 0 Å². The van der Waals surface area contributed by atoms with E-state index in [9.17, 15) is 4.79 Å². The van der Waals surface area contributed by atoms with Crippen LogP contribution in [-0.2, 0) is 11.8 Å². The number of hydrogen-bond donors (Lipinski definition) is 0. The second kappa shape index (κ2) is 5.40. The van der Waals surface area contributed by atoms with Crippen LogP contribution < -0.4 is 0 Å². The summed E-state index contributed by atoms with van der Waals surface area (Å²) in [5, 5.41) is 4.86. The van der Waals surface area contributed by atoms with Gasteiger partial charge in [0.2, 0.25) is 0 Å². The monoisotopic (exact) mass is 315 g/mol. The number of alkyl halides is 1. The van der Waals surface area contributed by atoms with E-state index in [0.29, 0.717) is 18.7 Å². The minimum atomic E-state index is 0.0432. The summed E-state index contributed by atoms with van der Waals surface area (Å²) >= 11 is 3.41. The molecule has 5 nitrogen and oxygen atoms in total. The third-order valence-electron chi connectivity index (χ3n) is 3.25. The SMILES string of the molecule is Cc1c(C(=O)N2CC(C)OC(CBr)C2)cnn1C. The van der Waals surface area contributed by atoms with Crippen LogP contribution in [0.15, 0.2) is 6.20 Å². The predicted octanol–water partition coefficient (Wildman–Crippen LogP) is 1.35. The molecule has 1 aliphatic rings. The van der Waals surface area contributed by atoms with E-state index in [4.69, 9.17) is 4.74 Å². The van der Waals surface area contributed by atoms with Gasteiger partial charge < -0.3 is 9.64 Å². The second-order valence-corrected chi connectivity index (χ2v) is 5.35. The number of rotatable bonds is 2. The van der Waals surface area contributed by atoms with Gasteiger partial charge >= 0.3 is 0 Å². The van der Waals surface area contributed by atoms with Crippen LogP contribution in [0, 0.1) is 6.92 Å². The largest absolute Gasteiger partial charge is 0.371 e. The molecule has 0 bridgehead atoms. The Bertz CT molecular complexity index is 447. The van der Waals surface area contributed by atoms with Crippen molar-refractivity contribution in [1.82, 2.24) is 14.7 Å². The van der Waals surface area contributed by atoms with Gasteiger partial charge in [-0.2, -0.15) is 5.10 Å². The number of ether oxygens (including phenoxy) is 1. The lowest BCUT2D eigenvalue weighted by molar-refractivity contribution is -0.0559. The number of aromatic nitrogens is 2. The van der Waals surface area contributed by atoms with Crippen LogP contribution in [0.2, 0.25) is 0 Å². The molecule has 0 radical (unpaired) electrons. The highest BCUT2D eigenvalue weighted by Gasteiger charge is 2.29. The molecule has 0 spiro atoms. The Labute approximate surface area is 115 Å². The van der Waals surface area contributed by atoms with Crippen molar-refractivity contribution in [2.45, 2.75) is 26.1 Å². The fourth-order valence-corrected chi connectivity index (χ4v) is 2.53. The molecule has 1 aromatic rings. The summed E-state index contributed by atoms with van der Waals surface area (Å²) in [7, 11) is 1.84. The number of morpholine rings is 1. The zero-order chi connectivity index (χ0) is 13.3. The molecule has 100 valence electrons. The van der Waals surface area contributed by atoms with Crippen molar-refractivity contribution >= 4 is 21.8 Å². The predicted molar refractivity (Wildman–Crippen MR) is 72.0 cm³/mol. The van der Waals surface area contributed by atoms with Crippen molar-refractivity contribution in [1.29, 1.82) is 0 Å². The third kappa shape index (κ3) is 2.59. The summed E-state index contributed by atoms with van der Waals surface area (Å²) < 4.78 is 7.45. The number of halogens is 1. The normalized spacial score (nSPS) is 24.3. The zero-order valence-electron chi connectivity index (χ0n) is 10.9. The lowest BCUT2D eigenvalue weighted by Crippen LogP contribution is -2.49. The van der Waals surface area contributed by atoms with E-state index in [-0.39, 0.29) is 18.1 Å². The van der Waals surface area contributed by atoms with E-state index in [1.54, 1.807) is 10.9 Å². The first-order valence-corrected chi connectivity index (χ1v) is 7.14. The maximum atomic E-state index is 12.4. The van der Waals surface area contributed by atoms with Gasteiger partial charge in [0.25, 0.3) is 5.91 Å². The molecule has 18 heavy (non-hydrogen) atoms. The van der Waals surface area contributed by atoms with Gasteiger partial charge in [0, 0.05) is 31.2 Å². The van der Waals surface area contributed by atoms with Crippen molar-refractivity contribution in [3.05, 3.63) is 17.5 Å². The van der Waals surface area contributed by atoms with Crippen molar-refractivity contribution in [3.8, 4) is 0 Å². The Kier molecular flexibility index (Phi) is 4.07. The van der Waals surface area contributed by atoms with Crippen LogP contribution >= 0.6 is 15.9 Å². The van der Waals surface area contributed by atoms with Crippen LogP contribution in [0.4, 0.5) is 0 Å². The molecule has 2 heterocycles. The minimum absolute atomic E-state index is 0.0432. The van der Waals surface area contributed by atoms with Crippen LogP contribution in [-0.4, -0.2) is 51.2 Å². The maximum Gasteiger partial charge on any atom is 0.257 e. The first-order valence-electron chi connectivity index (χ1n) is 6.02. The standard InChI is InChI=1S/C12H18BrN3O2/c1-8-6-16(7-10(4-13)18-8)12(17)11-5-14-15(3)9(11)2/h5,8,10H,4,6-7H2,1-3H3. The van der Waals surface area contributed by atoms with E-state index in [1.807, 2.05) is 25.8 Å². The number of amides is 1. The maximum absolute atomic E-state index is 12.4. The summed E-state index contributed by atoms with van der Waals surface area (Å²) in [6, 6.07) is 0. The number of hydrogen-bond acceptors (Lipinski definition) is 3. The summed E-state index contributed by atoms with van der Waals surface area (Å²) in [6.07, 6.45) is 1.78. The highest BCUT2D eigenvalue weighted by molar-refractivity contribution is 9.09. The summed E-state index contributed by atoms with van der Waals surface area (Å²) in [5.41, 5.74) is 1.58. The minimum Gasteiger partial charge on any atom is -0.371 e. The number of carbonyl (C=O) groups excluding carboxylic acids is 1. The molecular weight excluding hydrogens is 298 g/mol. The van der Waals surface area contributed by atoms with E-state index in [0.717, 1.165) is 11.0 Å². The molecule has 2 rings (SSSR count). The van der Waals surface area contributed by atoms with E-state index in [1.165, 1.54) is 0 Å². The molecule has 2 unspecified atom stereocenters. The number of carbonyl (C=O) groups is 1. The molecule has 0 aromatic carbocycles. The molecule has 0 aliphatic carbocycles. The highest BCUT2D eigenvalue weighted by Crippen LogP contribution is 2.17. The van der Waals surface area contributed by atoms with Crippen molar-refractivity contribution < 1.29 is 9.53 Å². The molecule has 1 amide bonds. The topological polar surface area (TPSA) is 47.4 Å². The first kappa shape index (κ1) is 13.5. The fraction of sp³-hybridized carbons (Fsp3) is 0.667. The third-order valence-corrected chi connectivity index (χ3v) is 3.97. The van der Waals surface area contributed by atoms with Gasteiger partial charge in [-0.1, -0.05) is 15.9 Å². The molecule has 6 heteroatoms. The second-order valence-electron chi connectivity index (χ2n) is 4.70. The van der Waals surface area contributed by atoms with Gasteiger partial charge in [-0.25, -0.2) is 0 Å². The molecule has 0 N–H and O–H groups in total. The van der Waals surface area contributed by atoms with E-state index in [2.05, 4.69) is 21.0 Å². The molecule has 1 fully saturated rings. The lowest BCUT2D eigenvalue weighted by Gasteiger charge is -2.36. The molecule has 2 atom stereocenters. The van der Waals surface area contributed by atoms with Gasteiger partial charge in [-0.05, 0) is 13.8 Å². The highest BCUT2D eigenvalue weighted by atomic mass is 79.9. The lowest BCUT2D eigenvalue weighted by atomic mass is 10.1. The number of nitrogens with zero attached hydrogens (tertiary/aromatic N) is 3. The van der Waals surface area contributed by atoms with Gasteiger partial charge in [0.05, 0.1) is 24.0 Å². The van der Waals surface area contributed by atoms with Crippen molar-refractivity contribution in [2.75, 3.05) is 18.4 Å². The smallest absolute Gasteiger partial charge is 0.257 e. The van der Waals surface area contributed by atoms with Gasteiger partial charge in [0.15, 0.2) is 0 Å². The Balaban J connectivity index is 2.15. The molecule has 1 saturated heterocycles. The van der Waals surface area contributed by atoms with Crippen LogP contribution in [0.5, 0.6) is 0 Å². The Morgan fingerprint density at radius 1 is 1.61 bits per heavy atom. The quantitative estimate of drug-likeness (QED) is 0.774. The molecule has 1 aliphatic heterocycles. The molecule has 0 saturated carbocycles. The Hall–Kier alpha value is -0.880. The Morgan fingerprint density at radius 3 is 2.89 bits per heavy atom. The van der Waals surface area contributed by atoms with Gasteiger partial charge in [-0.15, -0.1) is 0 Å². The van der Waals surface area contributed by atoms with Crippen LogP contribution in [0.1, 0.15) is 23.0 Å². The first-order chi connectivity index (χ1) is 8.52. The van der Waals surface area contributed by atoms with E-state index >= 15 is 0 Å². The van der Waals surface area contributed by atoms with Crippen molar-refractivity contribution in [2.24, 2.45) is 7.05 Å². The number of aryl methyl sites for hydroxylation is 1. The average Bonchev–Trinajstić information content (AvgIpc) is 2.68. The zero-order valence-corrected chi connectivity index (χ0v) is 12.5. The molecule has 1 aromatic heterocycles. The van der Waals surface area contributed by atoms with Crippen LogP contribution in [0.25, 0.3) is 0 Å². The summed E-state index contributed by atoms with van der Waals surface area (Å²) in [6.45, 7) is 5.16. The summed E-state index contributed by atoms with van der Waals surface area (Å²) in [4.78, 5) is 14.3. The fourth-order valence-electron chi connectivity index (χ4n) is 2.18.